The maximum absolute atomic E-state index is 4.68. The first-order valence-electron chi connectivity index (χ1n) is 11.7. The second-order valence-electron chi connectivity index (χ2n) is 9.19. The van der Waals surface area contributed by atoms with Crippen LogP contribution in [0.1, 0.15) is 50.7 Å². The Labute approximate surface area is 192 Å². The minimum Gasteiger partial charge on any atom is -0.383 e. The fourth-order valence-electron chi connectivity index (χ4n) is 4.44. The third-order valence-electron chi connectivity index (χ3n) is 6.61. The lowest BCUT2D eigenvalue weighted by molar-refractivity contribution is 0.323. The number of hydrogen-bond donors (Lipinski definition) is 2. The van der Waals surface area contributed by atoms with Gasteiger partial charge < -0.3 is 10.6 Å². The van der Waals surface area contributed by atoms with Crippen LogP contribution in [-0.4, -0.2) is 16.7 Å². The fourth-order valence-corrected chi connectivity index (χ4v) is 4.44. The normalized spacial score (nSPS) is 23.0. The van der Waals surface area contributed by atoms with Crippen LogP contribution in [0.2, 0.25) is 0 Å². The summed E-state index contributed by atoms with van der Waals surface area (Å²) >= 11 is 0. The first-order chi connectivity index (χ1) is 15.5. The van der Waals surface area contributed by atoms with Crippen molar-refractivity contribution >= 4 is 22.8 Å². The minimum absolute atomic E-state index is 0.256. The molecular weight excluding hydrogens is 392 g/mol. The number of hydrogen-bond acceptors (Lipinski definition) is 4. The molecular formula is C28H34N4. The van der Waals surface area contributed by atoms with Crippen molar-refractivity contribution in [1.82, 2.24) is 10.3 Å². The molecule has 0 saturated heterocycles. The molecule has 1 aliphatic heterocycles. The molecule has 2 heterocycles. The number of aryl methyl sites for hydroxylation is 1. The summed E-state index contributed by atoms with van der Waals surface area (Å²) in [6.07, 6.45) is 13.1. The number of anilines is 2. The zero-order valence-corrected chi connectivity index (χ0v) is 19.4. The van der Waals surface area contributed by atoms with E-state index >= 15 is 0 Å². The van der Waals surface area contributed by atoms with Crippen LogP contribution < -0.4 is 10.6 Å². The van der Waals surface area contributed by atoms with Crippen LogP contribution in [0.25, 0.3) is 5.57 Å². The smallest absolute Gasteiger partial charge is 0.133 e. The van der Waals surface area contributed by atoms with Gasteiger partial charge in [-0.05, 0) is 85.6 Å². The molecule has 32 heavy (non-hydrogen) atoms. The summed E-state index contributed by atoms with van der Waals surface area (Å²) in [4.78, 5) is 9.09. The molecule has 2 aliphatic rings. The zero-order chi connectivity index (χ0) is 22.5. The Balaban J connectivity index is 1.32. The Hall–Kier alpha value is -3.14. The van der Waals surface area contributed by atoms with Gasteiger partial charge in [-0.1, -0.05) is 38.6 Å². The molecule has 166 valence electrons. The predicted octanol–water partition coefficient (Wildman–Crippen LogP) is 6.80. The van der Waals surface area contributed by atoms with Gasteiger partial charge in [0.15, 0.2) is 0 Å². The second-order valence-corrected chi connectivity index (χ2v) is 9.19. The van der Waals surface area contributed by atoms with Gasteiger partial charge in [-0.25, -0.2) is 4.98 Å². The number of pyridine rings is 1. The summed E-state index contributed by atoms with van der Waals surface area (Å²) in [7, 11) is 0. The van der Waals surface area contributed by atoms with Gasteiger partial charge in [0, 0.05) is 41.5 Å². The molecule has 1 fully saturated rings. The largest absolute Gasteiger partial charge is 0.383 e. The lowest BCUT2D eigenvalue weighted by Gasteiger charge is -2.27. The van der Waals surface area contributed by atoms with E-state index in [1.54, 1.807) is 6.20 Å². The summed E-state index contributed by atoms with van der Waals surface area (Å²) in [5.74, 6) is 2.01. The first-order valence-corrected chi connectivity index (χ1v) is 11.7. The number of nitrogens with one attached hydrogen (secondary N) is 2. The molecule has 1 aliphatic carbocycles. The van der Waals surface area contributed by atoms with E-state index in [9.17, 15) is 0 Å². The summed E-state index contributed by atoms with van der Waals surface area (Å²) in [6, 6.07) is 13.1. The van der Waals surface area contributed by atoms with E-state index in [0.717, 1.165) is 34.4 Å². The molecule has 4 heteroatoms. The van der Waals surface area contributed by atoms with Gasteiger partial charge in [0.05, 0.1) is 0 Å². The van der Waals surface area contributed by atoms with Crippen molar-refractivity contribution in [2.75, 3.05) is 5.32 Å². The fraction of sp³-hybridized carbons (Fsp3) is 0.357. The van der Waals surface area contributed by atoms with Crippen molar-refractivity contribution < 1.29 is 0 Å². The van der Waals surface area contributed by atoms with Gasteiger partial charge in [0.2, 0.25) is 0 Å². The number of nitrogens with zero attached hydrogens (tertiary/aromatic N) is 2. The predicted molar refractivity (Wildman–Crippen MR) is 136 cm³/mol. The minimum atomic E-state index is 0.256. The molecule has 1 atom stereocenters. The van der Waals surface area contributed by atoms with Gasteiger partial charge in [-0.3, -0.25) is 4.99 Å². The van der Waals surface area contributed by atoms with Crippen molar-refractivity contribution in [2.24, 2.45) is 16.8 Å². The quantitative estimate of drug-likeness (QED) is 0.479. The third kappa shape index (κ3) is 5.37. The maximum atomic E-state index is 4.68. The monoisotopic (exact) mass is 426 g/mol. The Morgan fingerprint density at radius 1 is 1.06 bits per heavy atom. The van der Waals surface area contributed by atoms with E-state index in [-0.39, 0.29) is 5.92 Å². The highest BCUT2D eigenvalue weighted by Crippen LogP contribution is 2.31. The Kier molecular flexibility index (Phi) is 6.89. The van der Waals surface area contributed by atoms with E-state index in [0.29, 0.717) is 6.04 Å². The number of allylic oxidation sites excluding steroid dienone is 3. The van der Waals surface area contributed by atoms with Crippen molar-refractivity contribution in [2.45, 2.75) is 52.5 Å². The topological polar surface area (TPSA) is 49.3 Å². The van der Waals surface area contributed by atoms with E-state index < -0.39 is 0 Å². The van der Waals surface area contributed by atoms with E-state index in [2.05, 4.69) is 90.4 Å². The van der Waals surface area contributed by atoms with E-state index in [1.165, 1.54) is 36.8 Å². The number of rotatable bonds is 7. The maximum Gasteiger partial charge on any atom is 0.133 e. The van der Waals surface area contributed by atoms with Crippen LogP contribution in [-0.2, 0) is 0 Å². The van der Waals surface area contributed by atoms with Crippen LogP contribution in [0.15, 0.2) is 78.2 Å². The molecule has 0 bridgehead atoms. The lowest BCUT2D eigenvalue weighted by atomic mass is 9.87. The van der Waals surface area contributed by atoms with Crippen molar-refractivity contribution in [1.29, 1.82) is 0 Å². The average molecular weight is 427 g/mol. The van der Waals surface area contributed by atoms with Gasteiger partial charge in [-0.2, -0.15) is 0 Å². The zero-order valence-electron chi connectivity index (χ0n) is 19.4. The van der Waals surface area contributed by atoms with Crippen molar-refractivity contribution in [3.63, 3.8) is 0 Å². The van der Waals surface area contributed by atoms with Crippen molar-refractivity contribution in [3.05, 3.63) is 84.3 Å². The molecule has 1 saturated carbocycles. The molecule has 4 rings (SSSR count). The SMILES string of the molecule is C=C(/C=C\C1=NC=C(c2ccc(Nc3ncccc3C)cc2)C1C)NC1CCC(C)CC1. The first kappa shape index (κ1) is 22.1. The molecule has 2 N–H and O–H groups in total. The number of benzene rings is 1. The molecule has 0 amide bonds. The van der Waals surface area contributed by atoms with Crippen LogP contribution in [0.5, 0.6) is 0 Å². The lowest BCUT2D eigenvalue weighted by Crippen LogP contribution is -2.31. The third-order valence-corrected chi connectivity index (χ3v) is 6.61. The van der Waals surface area contributed by atoms with Gasteiger partial charge >= 0.3 is 0 Å². The summed E-state index contributed by atoms with van der Waals surface area (Å²) in [6.45, 7) is 10.8. The molecule has 0 radical (unpaired) electrons. The Bertz CT molecular complexity index is 1040. The number of aliphatic imine (C=N–C) groups is 1. The average Bonchev–Trinajstić information content (AvgIpc) is 3.16. The highest BCUT2D eigenvalue weighted by molar-refractivity contribution is 6.07. The molecule has 2 aromatic rings. The summed E-state index contributed by atoms with van der Waals surface area (Å²) < 4.78 is 0. The highest BCUT2D eigenvalue weighted by Gasteiger charge is 2.21. The van der Waals surface area contributed by atoms with Crippen LogP contribution in [0.4, 0.5) is 11.5 Å². The standard InChI is InChI=1S/C28H34N4/c1-19-7-12-24(13-8-19)31-21(3)9-16-27-22(4)26(18-30-27)23-10-14-25(15-11-23)32-28-20(2)6-5-17-29-28/h5-6,9-11,14-19,22,24,31H,3,7-8,12-13H2,1-2,4H3,(H,29,32)/b16-9-. The molecule has 1 unspecified atom stereocenters. The molecule has 1 aromatic heterocycles. The van der Waals surface area contributed by atoms with Gasteiger partial charge in [0.25, 0.3) is 0 Å². The molecule has 4 nitrogen and oxygen atoms in total. The summed E-state index contributed by atoms with van der Waals surface area (Å²) in [5, 5.41) is 6.98. The Morgan fingerprint density at radius 2 is 1.81 bits per heavy atom. The van der Waals surface area contributed by atoms with Crippen LogP contribution >= 0.6 is 0 Å². The number of aromatic nitrogens is 1. The summed E-state index contributed by atoms with van der Waals surface area (Å²) in [5.41, 5.74) is 6.65. The molecule has 0 spiro atoms. The van der Waals surface area contributed by atoms with Crippen molar-refractivity contribution in [3.8, 4) is 0 Å². The van der Waals surface area contributed by atoms with Gasteiger partial charge in [0.1, 0.15) is 5.82 Å². The van der Waals surface area contributed by atoms with Crippen LogP contribution in [0, 0.1) is 18.8 Å². The van der Waals surface area contributed by atoms with E-state index in [4.69, 9.17) is 0 Å². The van der Waals surface area contributed by atoms with Gasteiger partial charge in [-0.15, -0.1) is 0 Å². The van der Waals surface area contributed by atoms with Crippen LogP contribution in [0.3, 0.4) is 0 Å². The highest BCUT2D eigenvalue weighted by atomic mass is 15.0. The second kappa shape index (κ2) is 9.99. The molecule has 1 aromatic carbocycles. The Morgan fingerprint density at radius 3 is 2.53 bits per heavy atom. The van der Waals surface area contributed by atoms with E-state index in [1.807, 2.05) is 12.3 Å².